The average Bonchev–Trinajstić information content (AvgIpc) is 3.00. The molecule has 3 aromatic rings. The summed E-state index contributed by atoms with van der Waals surface area (Å²) in [6, 6.07) is 6.16. The molecule has 0 aliphatic rings. The first kappa shape index (κ1) is 14.4. The molecule has 0 bridgehead atoms. The molecule has 0 aliphatic heterocycles. The second-order valence-corrected chi connectivity index (χ2v) is 5.66. The van der Waals surface area contributed by atoms with Crippen molar-refractivity contribution in [2.24, 2.45) is 7.05 Å². The van der Waals surface area contributed by atoms with E-state index in [-0.39, 0.29) is 5.91 Å². The number of amides is 1. The molecule has 0 atom stereocenters. The highest BCUT2D eigenvalue weighted by atomic mass is 16.1. The van der Waals surface area contributed by atoms with Crippen molar-refractivity contribution in [2.45, 2.75) is 27.3 Å². The van der Waals surface area contributed by atoms with Crippen molar-refractivity contribution in [3.8, 4) is 0 Å². The number of benzene rings is 1. The van der Waals surface area contributed by atoms with Crippen LogP contribution in [0, 0.1) is 20.8 Å². The van der Waals surface area contributed by atoms with E-state index in [1.165, 1.54) is 5.56 Å². The summed E-state index contributed by atoms with van der Waals surface area (Å²) in [6.07, 6.45) is 1.64. The van der Waals surface area contributed by atoms with Crippen LogP contribution in [0.5, 0.6) is 0 Å². The fraction of sp³-hybridized carbons (Fsp3) is 0.294. The van der Waals surface area contributed by atoms with Crippen LogP contribution in [0.25, 0.3) is 10.9 Å². The van der Waals surface area contributed by atoms with Crippen LogP contribution in [-0.2, 0) is 13.6 Å². The van der Waals surface area contributed by atoms with Crippen molar-refractivity contribution in [3.63, 3.8) is 0 Å². The Labute approximate surface area is 129 Å². The summed E-state index contributed by atoms with van der Waals surface area (Å²) in [7, 11) is 1.94. The number of hydrogen-bond donors (Lipinski definition) is 2. The first-order valence-electron chi connectivity index (χ1n) is 7.32. The molecule has 0 aliphatic carbocycles. The Bertz CT molecular complexity index is 857. The maximum atomic E-state index is 12.6. The second-order valence-electron chi connectivity index (χ2n) is 5.66. The van der Waals surface area contributed by atoms with E-state index in [1.54, 1.807) is 6.33 Å². The highest BCUT2D eigenvalue weighted by Crippen LogP contribution is 2.27. The van der Waals surface area contributed by atoms with Crippen LogP contribution in [0.4, 0.5) is 0 Å². The molecule has 2 aromatic heterocycles. The number of fused-ring (bicyclic) bond motifs is 1. The van der Waals surface area contributed by atoms with Crippen LogP contribution in [0.2, 0.25) is 0 Å². The van der Waals surface area contributed by atoms with Crippen LogP contribution >= 0.6 is 0 Å². The van der Waals surface area contributed by atoms with E-state index in [2.05, 4.69) is 34.3 Å². The number of para-hydroxylation sites is 1. The maximum Gasteiger partial charge on any atom is 0.268 e. The van der Waals surface area contributed by atoms with Crippen LogP contribution in [0.15, 0.2) is 24.5 Å². The summed E-state index contributed by atoms with van der Waals surface area (Å²) in [6.45, 7) is 6.43. The third kappa shape index (κ3) is 2.19. The fourth-order valence-electron chi connectivity index (χ4n) is 3.03. The van der Waals surface area contributed by atoms with Gasteiger partial charge in [0, 0.05) is 18.1 Å². The molecule has 114 valence electrons. The number of carbonyl (C=O) groups excluding carboxylic acids is 1. The standard InChI is InChI=1S/C17H20N4O/c1-10-6-5-7-13-11(2)16(21(4)15(10)13)17(22)18-8-14-12(3)19-9-20-14/h5-7,9H,8H2,1-4H3,(H,18,22)(H,19,20). The van der Waals surface area contributed by atoms with Gasteiger partial charge < -0.3 is 14.9 Å². The molecule has 5 heteroatoms. The third-order valence-corrected chi connectivity index (χ3v) is 4.23. The van der Waals surface area contributed by atoms with Gasteiger partial charge in [-0.1, -0.05) is 18.2 Å². The van der Waals surface area contributed by atoms with Gasteiger partial charge in [0.2, 0.25) is 0 Å². The number of hydrogen-bond acceptors (Lipinski definition) is 2. The minimum Gasteiger partial charge on any atom is -0.348 e. The monoisotopic (exact) mass is 296 g/mol. The van der Waals surface area contributed by atoms with Crippen molar-refractivity contribution in [3.05, 3.63) is 52.7 Å². The van der Waals surface area contributed by atoms with E-state index in [0.29, 0.717) is 12.2 Å². The summed E-state index contributed by atoms with van der Waals surface area (Å²) >= 11 is 0. The molecule has 1 aromatic carbocycles. The fourth-order valence-corrected chi connectivity index (χ4v) is 3.03. The number of aromatic amines is 1. The normalized spacial score (nSPS) is 11.1. The lowest BCUT2D eigenvalue weighted by molar-refractivity contribution is 0.0942. The van der Waals surface area contributed by atoms with Crippen LogP contribution in [0.1, 0.15) is 33.0 Å². The predicted octanol–water partition coefficient (Wildman–Crippen LogP) is 2.76. The molecular weight excluding hydrogens is 276 g/mol. The first-order chi connectivity index (χ1) is 10.5. The lowest BCUT2D eigenvalue weighted by Gasteiger charge is -2.07. The lowest BCUT2D eigenvalue weighted by atomic mass is 10.1. The van der Waals surface area contributed by atoms with Crippen molar-refractivity contribution in [1.29, 1.82) is 0 Å². The Balaban J connectivity index is 1.94. The number of carbonyl (C=O) groups is 1. The topological polar surface area (TPSA) is 62.7 Å². The van der Waals surface area contributed by atoms with Gasteiger partial charge in [0.25, 0.3) is 5.91 Å². The largest absolute Gasteiger partial charge is 0.348 e. The molecule has 0 spiro atoms. The highest BCUT2D eigenvalue weighted by molar-refractivity contribution is 6.02. The number of H-pyrrole nitrogens is 1. The zero-order valence-electron chi connectivity index (χ0n) is 13.3. The van der Waals surface area contributed by atoms with Gasteiger partial charge in [0.15, 0.2) is 0 Å². The minimum atomic E-state index is -0.0713. The maximum absolute atomic E-state index is 12.6. The molecular formula is C17H20N4O. The van der Waals surface area contributed by atoms with Gasteiger partial charge in [-0.25, -0.2) is 4.98 Å². The van der Waals surface area contributed by atoms with E-state index < -0.39 is 0 Å². The molecule has 2 N–H and O–H groups in total. The summed E-state index contributed by atoms with van der Waals surface area (Å²) in [5, 5.41) is 4.09. The Morgan fingerprint density at radius 1 is 1.32 bits per heavy atom. The number of aromatic nitrogens is 3. The van der Waals surface area contributed by atoms with Crippen molar-refractivity contribution in [1.82, 2.24) is 19.9 Å². The van der Waals surface area contributed by atoms with Gasteiger partial charge in [0.05, 0.1) is 24.1 Å². The molecule has 0 fully saturated rings. The van der Waals surface area contributed by atoms with Crippen molar-refractivity contribution < 1.29 is 4.79 Å². The van der Waals surface area contributed by atoms with Gasteiger partial charge in [-0.3, -0.25) is 4.79 Å². The summed E-state index contributed by atoms with van der Waals surface area (Å²) in [5.41, 5.74) is 5.84. The van der Waals surface area contributed by atoms with Crippen molar-refractivity contribution in [2.75, 3.05) is 0 Å². The smallest absolute Gasteiger partial charge is 0.268 e. The van der Waals surface area contributed by atoms with Gasteiger partial charge in [-0.05, 0) is 31.9 Å². The lowest BCUT2D eigenvalue weighted by Crippen LogP contribution is -2.26. The molecule has 0 saturated heterocycles. The summed E-state index contributed by atoms with van der Waals surface area (Å²) in [5.74, 6) is -0.0713. The van der Waals surface area contributed by atoms with Gasteiger partial charge in [0.1, 0.15) is 5.69 Å². The summed E-state index contributed by atoms with van der Waals surface area (Å²) in [4.78, 5) is 19.8. The van der Waals surface area contributed by atoms with Gasteiger partial charge >= 0.3 is 0 Å². The Hall–Kier alpha value is -2.56. The third-order valence-electron chi connectivity index (χ3n) is 4.23. The quantitative estimate of drug-likeness (QED) is 0.780. The first-order valence-corrected chi connectivity index (χ1v) is 7.32. The number of nitrogens with one attached hydrogen (secondary N) is 2. The Morgan fingerprint density at radius 2 is 2.09 bits per heavy atom. The average molecular weight is 296 g/mol. The summed E-state index contributed by atoms with van der Waals surface area (Å²) < 4.78 is 1.98. The molecule has 22 heavy (non-hydrogen) atoms. The molecule has 0 saturated carbocycles. The number of imidazole rings is 1. The van der Waals surface area contributed by atoms with Gasteiger partial charge in [-0.2, -0.15) is 0 Å². The zero-order valence-corrected chi connectivity index (χ0v) is 13.3. The van der Waals surface area contributed by atoms with E-state index in [4.69, 9.17) is 0 Å². The minimum absolute atomic E-state index is 0.0713. The zero-order chi connectivity index (χ0) is 15.9. The SMILES string of the molecule is Cc1[nH]cnc1CNC(=O)c1c(C)c2cccc(C)c2n1C. The molecule has 5 nitrogen and oxygen atoms in total. The predicted molar refractivity (Wildman–Crippen MR) is 86.9 cm³/mol. The highest BCUT2D eigenvalue weighted by Gasteiger charge is 2.19. The number of aryl methyl sites for hydroxylation is 4. The van der Waals surface area contributed by atoms with E-state index in [1.807, 2.05) is 31.5 Å². The molecule has 0 unspecified atom stereocenters. The van der Waals surface area contributed by atoms with Crippen LogP contribution in [0.3, 0.4) is 0 Å². The number of nitrogens with zero attached hydrogens (tertiary/aromatic N) is 2. The number of rotatable bonds is 3. The van der Waals surface area contributed by atoms with Crippen LogP contribution < -0.4 is 5.32 Å². The van der Waals surface area contributed by atoms with E-state index in [9.17, 15) is 4.79 Å². The Morgan fingerprint density at radius 3 is 2.73 bits per heavy atom. The second kappa shape index (κ2) is 5.33. The van der Waals surface area contributed by atoms with Gasteiger partial charge in [-0.15, -0.1) is 0 Å². The molecule has 3 rings (SSSR count). The van der Waals surface area contributed by atoms with Crippen molar-refractivity contribution >= 4 is 16.8 Å². The van der Waals surface area contributed by atoms with E-state index in [0.717, 1.165) is 27.9 Å². The Kier molecular flexibility index (Phi) is 3.48. The van der Waals surface area contributed by atoms with Crippen LogP contribution in [-0.4, -0.2) is 20.4 Å². The molecule has 1 amide bonds. The molecule has 0 radical (unpaired) electrons. The van der Waals surface area contributed by atoms with E-state index >= 15 is 0 Å². The molecule has 2 heterocycles.